The van der Waals surface area contributed by atoms with Gasteiger partial charge in [0.25, 0.3) is 0 Å². The number of likely N-dealkylation sites (tertiary alicyclic amines) is 2. The van der Waals surface area contributed by atoms with E-state index < -0.39 is 0 Å². The van der Waals surface area contributed by atoms with Crippen molar-refractivity contribution in [3.05, 3.63) is 92.1 Å². The van der Waals surface area contributed by atoms with E-state index in [2.05, 4.69) is 78.5 Å². The van der Waals surface area contributed by atoms with Crippen molar-refractivity contribution in [3.63, 3.8) is 0 Å². The van der Waals surface area contributed by atoms with Gasteiger partial charge >= 0.3 is 0 Å². The Bertz CT molecular complexity index is 2080. The second-order valence-electron chi connectivity index (χ2n) is 14.8. The fourth-order valence-corrected chi connectivity index (χ4v) is 9.70. The normalized spacial score (nSPS) is 14.5. The number of aliphatic hydroxyl groups is 1. The second-order valence-corrected chi connectivity index (χ2v) is 18.0. The van der Waals surface area contributed by atoms with Gasteiger partial charge in [-0.1, -0.05) is 79.9 Å². The van der Waals surface area contributed by atoms with Gasteiger partial charge in [0.1, 0.15) is 45.5 Å². The summed E-state index contributed by atoms with van der Waals surface area (Å²) in [6.07, 6.45) is 8.81. The van der Waals surface area contributed by atoms with Gasteiger partial charge in [-0.15, -0.1) is 47.5 Å². The van der Waals surface area contributed by atoms with Crippen LogP contribution in [0.4, 0.5) is 11.6 Å². The molecule has 2 aromatic carbocycles. The third-order valence-corrected chi connectivity index (χ3v) is 13.4. The zero-order valence-electron chi connectivity index (χ0n) is 36.7. The van der Waals surface area contributed by atoms with Crippen molar-refractivity contribution in [2.45, 2.75) is 91.9 Å². The SMILES string of the molecule is CCC.CCO.COc1ccccc1CN1CCC(Nc2ncnc3sc(Cl)c(C)c23)CC1.COc1ccccc1CN1CCC(Nc2ncnc3sc(Cl)c(C)c23)CC1.Cl.Cl. The molecule has 8 rings (SSSR count). The van der Waals surface area contributed by atoms with E-state index >= 15 is 0 Å². The van der Waals surface area contributed by atoms with E-state index in [9.17, 15) is 0 Å². The van der Waals surface area contributed by atoms with Crippen LogP contribution < -0.4 is 20.1 Å². The highest BCUT2D eigenvalue weighted by atomic mass is 35.5. The molecule has 0 radical (unpaired) electrons. The summed E-state index contributed by atoms with van der Waals surface area (Å²) in [4.78, 5) is 24.5. The predicted octanol–water partition coefficient (Wildman–Crippen LogP) is 11.7. The average molecular weight is 969 g/mol. The Labute approximate surface area is 397 Å². The smallest absolute Gasteiger partial charge is 0.138 e. The molecule has 0 bridgehead atoms. The van der Waals surface area contributed by atoms with Crippen LogP contribution in [0.5, 0.6) is 11.5 Å². The minimum Gasteiger partial charge on any atom is -0.496 e. The number of halogens is 4. The number of ether oxygens (including phenoxy) is 2. The first-order valence-corrected chi connectivity index (χ1v) is 23.1. The molecule has 2 aliphatic heterocycles. The molecule has 6 heterocycles. The minimum atomic E-state index is 0. The number of anilines is 2. The number of hydrogen-bond donors (Lipinski definition) is 3. The van der Waals surface area contributed by atoms with Crippen LogP contribution in [-0.2, 0) is 13.1 Å². The number of aliphatic hydroxyl groups excluding tert-OH is 1. The van der Waals surface area contributed by atoms with Crippen molar-refractivity contribution >= 4 is 103 Å². The van der Waals surface area contributed by atoms with E-state index in [0.29, 0.717) is 12.1 Å². The first kappa shape index (κ1) is 53.1. The van der Waals surface area contributed by atoms with Crippen LogP contribution in [0.1, 0.15) is 75.1 Å². The number of thiophene rings is 2. The van der Waals surface area contributed by atoms with Gasteiger partial charge < -0.3 is 25.2 Å². The highest BCUT2D eigenvalue weighted by Gasteiger charge is 2.24. The summed E-state index contributed by atoms with van der Waals surface area (Å²) in [5.41, 5.74) is 4.61. The molecule has 4 aromatic heterocycles. The molecular formula is C45H62Cl4N8O3S2. The molecular weight excluding hydrogens is 906 g/mol. The third-order valence-electron chi connectivity index (χ3n) is 10.4. The lowest BCUT2D eigenvalue weighted by atomic mass is 10.0. The number of rotatable bonds is 10. The summed E-state index contributed by atoms with van der Waals surface area (Å²) in [6, 6.07) is 17.3. The number of piperidine rings is 2. The molecule has 0 spiro atoms. The lowest BCUT2D eigenvalue weighted by Crippen LogP contribution is -2.38. The number of benzene rings is 2. The molecule has 0 amide bonds. The van der Waals surface area contributed by atoms with Crippen molar-refractivity contribution in [1.82, 2.24) is 29.7 Å². The maximum atomic E-state index is 7.57. The van der Waals surface area contributed by atoms with Gasteiger partial charge in [0, 0.05) is 69.1 Å². The number of nitrogens with one attached hydrogen (secondary N) is 2. The van der Waals surface area contributed by atoms with Crippen molar-refractivity contribution in [1.29, 1.82) is 0 Å². The summed E-state index contributed by atoms with van der Waals surface area (Å²) >= 11 is 15.6. The number of aromatic nitrogens is 4. The van der Waals surface area contributed by atoms with Crippen LogP contribution in [0.3, 0.4) is 0 Å². The average Bonchev–Trinajstić information content (AvgIpc) is 3.73. The fraction of sp³-hybridized carbons (Fsp3) is 0.467. The highest BCUT2D eigenvalue weighted by Crippen LogP contribution is 2.38. The highest BCUT2D eigenvalue weighted by molar-refractivity contribution is 7.23. The Morgan fingerprint density at radius 3 is 1.32 bits per heavy atom. The summed E-state index contributed by atoms with van der Waals surface area (Å²) in [5, 5.41) is 16.9. The Morgan fingerprint density at radius 1 is 0.645 bits per heavy atom. The predicted molar refractivity (Wildman–Crippen MR) is 267 cm³/mol. The maximum absolute atomic E-state index is 7.57. The molecule has 340 valence electrons. The van der Waals surface area contributed by atoms with Gasteiger partial charge in [-0.3, -0.25) is 9.80 Å². The molecule has 2 saturated heterocycles. The first-order valence-electron chi connectivity index (χ1n) is 20.8. The molecule has 17 heteroatoms. The number of para-hydroxylation sites is 2. The Kier molecular flexibility index (Phi) is 23.3. The zero-order valence-corrected chi connectivity index (χ0v) is 41.5. The van der Waals surface area contributed by atoms with Crippen LogP contribution in [0, 0.1) is 13.8 Å². The van der Waals surface area contributed by atoms with Crippen molar-refractivity contribution in [2.75, 3.05) is 57.6 Å². The quantitative estimate of drug-likeness (QED) is 0.122. The summed E-state index contributed by atoms with van der Waals surface area (Å²) in [7, 11) is 3.46. The van der Waals surface area contributed by atoms with Crippen LogP contribution in [0.15, 0.2) is 61.2 Å². The minimum absolute atomic E-state index is 0. The van der Waals surface area contributed by atoms with Gasteiger partial charge in [-0.25, -0.2) is 19.9 Å². The lowest BCUT2D eigenvalue weighted by molar-refractivity contribution is 0.209. The van der Waals surface area contributed by atoms with E-state index in [0.717, 1.165) is 128 Å². The monoisotopic (exact) mass is 966 g/mol. The largest absolute Gasteiger partial charge is 0.496 e. The lowest BCUT2D eigenvalue weighted by Gasteiger charge is -2.33. The number of fused-ring (bicyclic) bond motifs is 2. The summed E-state index contributed by atoms with van der Waals surface area (Å²) < 4.78 is 12.5. The van der Waals surface area contributed by atoms with Gasteiger partial charge in [-0.05, 0) is 69.7 Å². The summed E-state index contributed by atoms with van der Waals surface area (Å²) in [6.45, 7) is 16.3. The topological polar surface area (TPSA) is 121 Å². The molecule has 3 N–H and O–H groups in total. The number of nitrogens with zero attached hydrogens (tertiary/aromatic N) is 6. The molecule has 0 aliphatic carbocycles. The van der Waals surface area contributed by atoms with Crippen LogP contribution >= 0.6 is 70.7 Å². The van der Waals surface area contributed by atoms with E-state index in [1.165, 1.54) is 40.2 Å². The standard InChI is InChI=1S/2C20H23ClN4OS.C3H8.C2H6O.2ClH/c2*1-13-17-19(22-12-23-20(17)27-18(13)21)24-15-7-9-25(10-8-15)11-14-5-3-4-6-16(14)26-2;1-3-2;1-2-3;;/h2*3-6,12,15H,7-11H2,1-2H3,(H,22,23,24);3H2,1-2H3;3H,2H2,1H3;2*1H. The van der Waals surface area contributed by atoms with Crippen LogP contribution in [-0.4, -0.2) is 93.9 Å². The van der Waals surface area contributed by atoms with Crippen molar-refractivity contribution < 1.29 is 14.6 Å². The van der Waals surface area contributed by atoms with Crippen molar-refractivity contribution in [3.8, 4) is 11.5 Å². The number of aryl methyl sites for hydroxylation is 2. The van der Waals surface area contributed by atoms with Gasteiger partial charge in [-0.2, -0.15) is 0 Å². The Balaban J connectivity index is 0.000000285. The van der Waals surface area contributed by atoms with Crippen LogP contribution in [0.2, 0.25) is 8.67 Å². The molecule has 0 atom stereocenters. The molecule has 62 heavy (non-hydrogen) atoms. The van der Waals surface area contributed by atoms with Crippen LogP contribution in [0.25, 0.3) is 20.4 Å². The molecule has 11 nitrogen and oxygen atoms in total. The van der Waals surface area contributed by atoms with Crippen molar-refractivity contribution in [2.24, 2.45) is 0 Å². The zero-order chi connectivity index (χ0) is 43.0. The Morgan fingerprint density at radius 2 is 0.984 bits per heavy atom. The second kappa shape index (κ2) is 27.2. The van der Waals surface area contributed by atoms with E-state index in [-0.39, 0.29) is 31.4 Å². The van der Waals surface area contributed by atoms with Gasteiger partial charge in [0.15, 0.2) is 0 Å². The molecule has 0 unspecified atom stereocenters. The van der Waals surface area contributed by atoms with Gasteiger partial charge in [0.05, 0.1) is 33.7 Å². The summed E-state index contributed by atoms with van der Waals surface area (Å²) in [5.74, 6) is 3.74. The number of methoxy groups -OCH3 is 2. The van der Waals surface area contributed by atoms with E-state index in [4.69, 9.17) is 37.8 Å². The van der Waals surface area contributed by atoms with E-state index in [1.54, 1.807) is 33.8 Å². The third kappa shape index (κ3) is 14.4. The Hall–Kier alpha value is -3.24. The maximum Gasteiger partial charge on any atom is 0.138 e. The fourth-order valence-electron chi connectivity index (χ4n) is 7.31. The molecule has 0 saturated carbocycles. The number of hydrogen-bond acceptors (Lipinski definition) is 13. The molecule has 2 fully saturated rings. The van der Waals surface area contributed by atoms with E-state index in [1.807, 2.05) is 38.1 Å². The first-order chi connectivity index (χ1) is 29.1. The molecule has 2 aliphatic rings. The van der Waals surface area contributed by atoms with Gasteiger partial charge in [0.2, 0.25) is 0 Å². The molecule has 6 aromatic rings.